The molecule has 2 rings (SSSR count). The molecule has 0 heterocycles. The summed E-state index contributed by atoms with van der Waals surface area (Å²) in [6, 6.07) is 13.1. The standard InChI is InChI=1S/C17H17NO3/c1-11(2)21-16-9-5-6-13-14(16)7-4-8-15(13)18-17(20)10-12(3)19/h4,7-9,11H,10H2,1-3H3,(H,18,20). The van der Waals surface area contributed by atoms with Gasteiger partial charge in [0, 0.05) is 22.5 Å². The van der Waals surface area contributed by atoms with E-state index in [-0.39, 0.29) is 24.2 Å². The maximum atomic E-state index is 11.7. The van der Waals surface area contributed by atoms with Gasteiger partial charge in [0.1, 0.15) is 11.5 Å². The molecule has 2 aromatic carbocycles. The van der Waals surface area contributed by atoms with Gasteiger partial charge < -0.3 is 10.1 Å². The summed E-state index contributed by atoms with van der Waals surface area (Å²) in [5.74, 6) is 0.187. The lowest BCUT2D eigenvalue weighted by molar-refractivity contribution is -0.124. The molecule has 0 saturated heterocycles. The van der Waals surface area contributed by atoms with Crippen LogP contribution in [-0.2, 0) is 9.59 Å². The van der Waals surface area contributed by atoms with Gasteiger partial charge in [-0.3, -0.25) is 9.59 Å². The maximum Gasteiger partial charge on any atom is 0.231 e. The van der Waals surface area contributed by atoms with E-state index in [0.29, 0.717) is 16.8 Å². The average molecular weight is 283 g/mol. The molecule has 2 radical (unpaired) electrons. The Labute approximate surface area is 124 Å². The minimum atomic E-state index is -0.335. The van der Waals surface area contributed by atoms with Crippen LogP contribution in [-0.4, -0.2) is 17.8 Å². The van der Waals surface area contributed by atoms with Gasteiger partial charge in [0.25, 0.3) is 0 Å². The number of nitrogens with one attached hydrogen (secondary N) is 1. The van der Waals surface area contributed by atoms with Crippen LogP contribution in [0.5, 0.6) is 5.75 Å². The molecule has 0 aliphatic rings. The van der Waals surface area contributed by atoms with E-state index in [0.717, 1.165) is 5.39 Å². The Balaban J connectivity index is 2.37. The van der Waals surface area contributed by atoms with E-state index >= 15 is 0 Å². The molecule has 4 heteroatoms. The third-order valence-corrected chi connectivity index (χ3v) is 2.78. The summed E-state index contributed by atoms with van der Waals surface area (Å²) in [5.41, 5.74) is 0.601. The van der Waals surface area contributed by atoms with Gasteiger partial charge >= 0.3 is 0 Å². The van der Waals surface area contributed by atoms with E-state index in [9.17, 15) is 9.59 Å². The minimum absolute atomic E-state index is 0.0416. The molecule has 0 spiro atoms. The van der Waals surface area contributed by atoms with Gasteiger partial charge in [0.15, 0.2) is 0 Å². The molecule has 0 atom stereocenters. The van der Waals surface area contributed by atoms with E-state index in [1.54, 1.807) is 12.1 Å². The van der Waals surface area contributed by atoms with E-state index in [4.69, 9.17) is 4.74 Å². The molecule has 2 aromatic rings. The second-order valence-electron chi connectivity index (χ2n) is 5.10. The smallest absolute Gasteiger partial charge is 0.231 e. The van der Waals surface area contributed by atoms with Crippen molar-refractivity contribution < 1.29 is 14.3 Å². The SMILES string of the molecule is CC(=O)CC(=O)Nc1cccc2c(OC(C)C)c[c][c]c12. The van der Waals surface area contributed by atoms with Crippen molar-refractivity contribution in [1.29, 1.82) is 0 Å². The summed E-state index contributed by atoms with van der Waals surface area (Å²) in [5, 5.41) is 4.30. The van der Waals surface area contributed by atoms with Crippen LogP contribution in [0.3, 0.4) is 0 Å². The van der Waals surface area contributed by atoms with Gasteiger partial charge in [-0.2, -0.15) is 0 Å². The second-order valence-corrected chi connectivity index (χ2v) is 5.10. The number of amides is 1. The van der Waals surface area contributed by atoms with E-state index < -0.39 is 0 Å². The highest BCUT2D eigenvalue weighted by Gasteiger charge is 2.11. The third-order valence-electron chi connectivity index (χ3n) is 2.78. The molecular formula is C17H17NO3. The van der Waals surface area contributed by atoms with Crippen LogP contribution in [0.2, 0.25) is 0 Å². The number of anilines is 1. The van der Waals surface area contributed by atoms with Gasteiger partial charge in [0.2, 0.25) is 5.91 Å². The van der Waals surface area contributed by atoms with Crippen molar-refractivity contribution >= 4 is 28.2 Å². The highest BCUT2D eigenvalue weighted by atomic mass is 16.5. The normalized spacial score (nSPS) is 10.7. The summed E-state index contributed by atoms with van der Waals surface area (Å²) in [6.07, 6.45) is -0.0950. The topological polar surface area (TPSA) is 55.4 Å². The van der Waals surface area contributed by atoms with Crippen molar-refractivity contribution in [3.8, 4) is 5.75 Å². The zero-order valence-corrected chi connectivity index (χ0v) is 12.3. The van der Waals surface area contributed by atoms with Crippen LogP contribution >= 0.6 is 0 Å². The molecule has 1 amide bonds. The van der Waals surface area contributed by atoms with Gasteiger partial charge in [0.05, 0.1) is 12.5 Å². The molecule has 0 bridgehead atoms. The molecule has 0 aliphatic carbocycles. The molecule has 0 saturated carbocycles. The van der Waals surface area contributed by atoms with Crippen molar-refractivity contribution in [2.45, 2.75) is 33.3 Å². The Morgan fingerprint density at radius 3 is 2.76 bits per heavy atom. The largest absolute Gasteiger partial charge is 0.490 e. The van der Waals surface area contributed by atoms with E-state index in [1.165, 1.54) is 6.92 Å². The Bertz CT molecular complexity index is 677. The zero-order valence-electron chi connectivity index (χ0n) is 12.3. The molecule has 0 unspecified atom stereocenters. The highest BCUT2D eigenvalue weighted by molar-refractivity contribution is 6.08. The predicted molar refractivity (Wildman–Crippen MR) is 81.3 cm³/mol. The van der Waals surface area contributed by atoms with Crippen LogP contribution in [0.1, 0.15) is 27.2 Å². The first-order valence-corrected chi connectivity index (χ1v) is 6.78. The Morgan fingerprint density at radius 2 is 2.10 bits per heavy atom. The Kier molecular flexibility index (Phi) is 4.58. The quantitative estimate of drug-likeness (QED) is 0.858. The summed E-state index contributed by atoms with van der Waals surface area (Å²) in [6.45, 7) is 5.28. The molecule has 1 N–H and O–H groups in total. The van der Waals surface area contributed by atoms with E-state index in [2.05, 4.69) is 17.4 Å². The molecule has 4 nitrogen and oxygen atoms in total. The summed E-state index contributed by atoms with van der Waals surface area (Å²) < 4.78 is 5.73. The van der Waals surface area contributed by atoms with Gasteiger partial charge in [-0.1, -0.05) is 12.1 Å². The first-order valence-electron chi connectivity index (χ1n) is 6.78. The van der Waals surface area contributed by atoms with Gasteiger partial charge in [-0.05, 0) is 39.0 Å². The first-order chi connectivity index (χ1) is 9.97. The molecular weight excluding hydrogens is 266 g/mol. The number of ether oxygens (including phenoxy) is 1. The predicted octanol–water partition coefficient (Wildman–Crippen LogP) is 3.14. The van der Waals surface area contributed by atoms with Gasteiger partial charge in [-0.15, -0.1) is 0 Å². The summed E-state index contributed by atoms with van der Waals surface area (Å²) in [4.78, 5) is 22.7. The third kappa shape index (κ3) is 3.81. The fraction of sp³-hybridized carbons (Fsp3) is 0.294. The molecule has 0 aliphatic heterocycles. The second kappa shape index (κ2) is 6.39. The number of hydrogen-bond acceptors (Lipinski definition) is 3. The lowest BCUT2D eigenvalue weighted by Gasteiger charge is -2.14. The fourth-order valence-corrected chi connectivity index (χ4v) is 2.02. The fourth-order valence-electron chi connectivity index (χ4n) is 2.02. The number of benzene rings is 2. The van der Waals surface area contributed by atoms with Crippen molar-refractivity contribution in [1.82, 2.24) is 0 Å². The number of carbonyl (C=O) groups is 2. The zero-order chi connectivity index (χ0) is 15.4. The number of Topliss-reactive ketones (excluding diaryl/α,β-unsaturated/α-hetero) is 1. The van der Waals surface area contributed by atoms with Crippen molar-refractivity contribution in [2.24, 2.45) is 0 Å². The van der Waals surface area contributed by atoms with Crippen LogP contribution in [0.25, 0.3) is 10.8 Å². The number of fused-ring (bicyclic) bond motifs is 1. The van der Waals surface area contributed by atoms with Crippen LogP contribution in [0.4, 0.5) is 5.69 Å². The van der Waals surface area contributed by atoms with Crippen LogP contribution < -0.4 is 10.1 Å². The lowest BCUT2D eigenvalue weighted by Crippen LogP contribution is -2.15. The summed E-state index contributed by atoms with van der Waals surface area (Å²) >= 11 is 0. The number of ketones is 1. The number of rotatable bonds is 5. The van der Waals surface area contributed by atoms with Crippen molar-refractivity contribution in [3.63, 3.8) is 0 Å². The molecule has 0 fully saturated rings. The summed E-state index contributed by atoms with van der Waals surface area (Å²) in [7, 11) is 0. The molecule has 21 heavy (non-hydrogen) atoms. The monoisotopic (exact) mass is 283 g/mol. The molecule has 0 aromatic heterocycles. The minimum Gasteiger partial charge on any atom is -0.490 e. The number of hydrogen-bond donors (Lipinski definition) is 1. The van der Waals surface area contributed by atoms with Crippen molar-refractivity contribution in [2.75, 3.05) is 5.32 Å². The van der Waals surface area contributed by atoms with Crippen LogP contribution in [0, 0.1) is 12.1 Å². The maximum absolute atomic E-state index is 11.7. The van der Waals surface area contributed by atoms with Crippen molar-refractivity contribution in [3.05, 3.63) is 36.4 Å². The van der Waals surface area contributed by atoms with E-state index in [1.807, 2.05) is 26.0 Å². The lowest BCUT2D eigenvalue weighted by atomic mass is 10.1. The molecule has 108 valence electrons. The highest BCUT2D eigenvalue weighted by Crippen LogP contribution is 2.30. The average Bonchev–Trinajstić information content (AvgIpc) is 2.38. The number of carbonyl (C=O) groups excluding carboxylic acids is 2. The Hall–Kier alpha value is -2.36. The Morgan fingerprint density at radius 1 is 1.33 bits per heavy atom. The first kappa shape index (κ1) is 15.0. The van der Waals surface area contributed by atoms with Gasteiger partial charge in [-0.25, -0.2) is 0 Å². The van der Waals surface area contributed by atoms with Crippen LogP contribution in [0.15, 0.2) is 24.3 Å².